The highest BCUT2D eigenvalue weighted by Crippen LogP contribution is 2.36. The van der Waals surface area contributed by atoms with E-state index in [-0.39, 0.29) is 12.5 Å². The van der Waals surface area contributed by atoms with Crippen molar-refractivity contribution in [1.82, 2.24) is 5.43 Å². The fourth-order valence-electron chi connectivity index (χ4n) is 2.09. The van der Waals surface area contributed by atoms with Gasteiger partial charge in [0.05, 0.1) is 23.9 Å². The smallest absolute Gasteiger partial charge is 0.277 e. The molecular formula is C19H21BrN2O4. The molecule has 0 unspecified atom stereocenters. The van der Waals surface area contributed by atoms with Crippen LogP contribution in [0, 0.1) is 0 Å². The van der Waals surface area contributed by atoms with Crippen LogP contribution in [0.1, 0.15) is 19.4 Å². The van der Waals surface area contributed by atoms with Gasteiger partial charge in [0.15, 0.2) is 18.1 Å². The molecule has 0 saturated carbocycles. The molecule has 0 aliphatic carbocycles. The van der Waals surface area contributed by atoms with Gasteiger partial charge in [-0.1, -0.05) is 18.2 Å². The van der Waals surface area contributed by atoms with Gasteiger partial charge in [0, 0.05) is 0 Å². The van der Waals surface area contributed by atoms with E-state index in [2.05, 4.69) is 26.5 Å². The number of benzene rings is 2. The Morgan fingerprint density at radius 3 is 2.54 bits per heavy atom. The predicted molar refractivity (Wildman–Crippen MR) is 104 cm³/mol. The lowest BCUT2D eigenvalue weighted by Gasteiger charge is -2.13. The molecule has 138 valence electrons. The molecular weight excluding hydrogens is 400 g/mol. The van der Waals surface area contributed by atoms with Crippen molar-refractivity contribution < 1.29 is 19.0 Å². The van der Waals surface area contributed by atoms with Crippen molar-refractivity contribution in [2.24, 2.45) is 5.10 Å². The minimum Gasteiger partial charge on any atom is -0.490 e. The Balaban J connectivity index is 1.95. The lowest BCUT2D eigenvalue weighted by molar-refractivity contribution is -0.123. The minimum atomic E-state index is -0.347. The van der Waals surface area contributed by atoms with Crippen LogP contribution in [0.2, 0.25) is 0 Å². The summed E-state index contributed by atoms with van der Waals surface area (Å²) in [6.45, 7) is 4.74. The van der Waals surface area contributed by atoms with Crippen LogP contribution in [-0.4, -0.2) is 31.9 Å². The number of hydrogen-bond acceptors (Lipinski definition) is 5. The molecule has 0 saturated heterocycles. The van der Waals surface area contributed by atoms with Crippen molar-refractivity contribution in [3.8, 4) is 17.2 Å². The Bertz CT molecular complexity index is 751. The molecule has 0 bridgehead atoms. The van der Waals surface area contributed by atoms with Crippen LogP contribution < -0.4 is 19.6 Å². The Hall–Kier alpha value is -2.54. The van der Waals surface area contributed by atoms with Crippen LogP contribution in [0.3, 0.4) is 0 Å². The summed E-state index contributed by atoms with van der Waals surface area (Å²) in [7, 11) is 0. The zero-order valence-corrected chi connectivity index (χ0v) is 16.3. The average Bonchev–Trinajstić information content (AvgIpc) is 2.64. The third kappa shape index (κ3) is 6.07. The Labute approximate surface area is 161 Å². The number of hydrazone groups is 1. The van der Waals surface area contributed by atoms with Crippen molar-refractivity contribution in [3.63, 3.8) is 0 Å². The van der Waals surface area contributed by atoms with E-state index in [9.17, 15) is 4.79 Å². The summed E-state index contributed by atoms with van der Waals surface area (Å²) in [5.41, 5.74) is 3.19. The Morgan fingerprint density at radius 2 is 1.85 bits per heavy atom. The first kappa shape index (κ1) is 19.8. The van der Waals surface area contributed by atoms with Gasteiger partial charge in [-0.05, 0) is 59.6 Å². The van der Waals surface area contributed by atoms with E-state index >= 15 is 0 Å². The molecule has 0 spiro atoms. The third-order valence-corrected chi connectivity index (χ3v) is 3.73. The second-order valence-corrected chi connectivity index (χ2v) is 5.95. The zero-order chi connectivity index (χ0) is 18.8. The maximum atomic E-state index is 11.8. The average molecular weight is 421 g/mol. The maximum absolute atomic E-state index is 11.8. The first-order valence-corrected chi connectivity index (χ1v) is 9.02. The molecule has 7 heteroatoms. The van der Waals surface area contributed by atoms with E-state index in [1.807, 2.05) is 38.1 Å². The van der Waals surface area contributed by atoms with E-state index < -0.39 is 0 Å². The molecule has 0 aliphatic heterocycles. The van der Waals surface area contributed by atoms with E-state index in [0.717, 1.165) is 10.0 Å². The Kier molecular flexibility index (Phi) is 7.95. The SMILES string of the molecule is CCOc1cc(/C=N\NC(=O)COc2ccccc2)cc(Br)c1OCC. The highest BCUT2D eigenvalue weighted by molar-refractivity contribution is 9.10. The van der Waals surface area contributed by atoms with Crippen LogP contribution >= 0.6 is 15.9 Å². The number of nitrogens with one attached hydrogen (secondary N) is 1. The van der Waals surface area contributed by atoms with Crippen molar-refractivity contribution in [1.29, 1.82) is 0 Å². The molecule has 0 heterocycles. The van der Waals surface area contributed by atoms with E-state index in [1.54, 1.807) is 18.2 Å². The lowest BCUT2D eigenvalue weighted by Crippen LogP contribution is -2.24. The fourth-order valence-corrected chi connectivity index (χ4v) is 2.66. The number of hydrogen-bond donors (Lipinski definition) is 1. The molecule has 1 amide bonds. The van der Waals surface area contributed by atoms with Crippen molar-refractivity contribution in [3.05, 3.63) is 52.5 Å². The highest BCUT2D eigenvalue weighted by Gasteiger charge is 2.11. The molecule has 0 aliphatic rings. The summed E-state index contributed by atoms with van der Waals surface area (Å²) >= 11 is 3.47. The van der Waals surface area contributed by atoms with Crippen molar-refractivity contribution in [2.75, 3.05) is 19.8 Å². The van der Waals surface area contributed by atoms with Gasteiger partial charge in [0.1, 0.15) is 5.75 Å². The minimum absolute atomic E-state index is 0.113. The number of ether oxygens (including phenoxy) is 3. The fraction of sp³-hybridized carbons (Fsp3) is 0.263. The summed E-state index contributed by atoms with van der Waals surface area (Å²) in [5, 5.41) is 3.95. The molecule has 1 N–H and O–H groups in total. The molecule has 2 aromatic rings. The molecule has 0 fully saturated rings. The number of nitrogens with zero attached hydrogens (tertiary/aromatic N) is 1. The van der Waals surface area contributed by atoms with Gasteiger partial charge in [0.2, 0.25) is 0 Å². The largest absolute Gasteiger partial charge is 0.490 e. The van der Waals surface area contributed by atoms with Crippen LogP contribution in [0.25, 0.3) is 0 Å². The van der Waals surface area contributed by atoms with Crippen LogP contribution in [0.5, 0.6) is 17.2 Å². The number of halogens is 1. The third-order valence-electron chi connectivity index (χ3n) is 3.14. The first-order valence-electron chi connectivity index (χ1n) is 8.23. The highest BCUT2D eigenvalue weighted by atomic mass is 79.9. The number of carbonyl (C=O) groups excluding carboxylic acids is 1. The Morgan fingerprint density at radius 1 is 1.12 bits per heavy atom. The molecule has 2 rings (SSSR count). The predicted octanol–water partition coefficient (Wildman–Crippen LogP) is 3.78. The number of para-hydroxylation sites is 1. The molecule has 0 atom stereocenters. The van der Waals surface area contributed by atoms with Crippen molar-refractivity contribution >= 4 is 28.1 Å². The summed E-state index contributed by atoms with van der Waals surface area (Å²) in [4.78, 5) is 11.8. The van der Waals surface area contributed by atoms with Gasteiger partial charge < -0.3 is 14.2 Å². The molecule has 0 aromatic heterocycles. The topological polar surface area (TPSA) is 69.2 Å². The van der Waals surface area contributed by atoms with E-state index in [1.165, 1.54) is 6.21 Å². The van der Waals surface area contributed by atoms with Gasteiger partial charge in [-0.15, -0.1) is 0 Å². The van der Waals surface area contributed by atoms with Crippen LogP contribution in [0.4, 0.5) is 0 Å². The van der Waals surface area contributed by atoms with Crippen molar-refractivity contribution in [2.45, 2.75) is 13.8 Å². The van der Waals surface area contributed by atoms with E-state index in [0.29, 0.717) is 30.5 Å². The lowest BCUT2D eigenvalue weighted by atomic mass is 10.2. The monoisotopic (exact) mass is 420 g/mol. The second-order valence-electron chi connectivity index (χ2n) is 5.09. The first-order chi connectivity index (χ1) is 12.6. The summed E-state index contributed by atoms with van der Waals surface area (Å²) in [6.07, 6.45) is 1.53. The van der Waals surface area contributed by atoms with Gasteiger partial charge in [-0.2, -0.15) is 5.10 Å². The summed E-state index contributed by atoms with van der Waals surface area (Å²) in [6, 6.07) is 12.8. The van der Waals surface area contributed by atoms with Gasteiger partial charge >= 0.3 is 0 Å². The summed E-state index contributed by atoms with van der Waals surface area (Å²) in [5.74, 6) is 1.54. The molecule has 6 nitrogen and oxygen atoms in total. The molecule has 0 radical (unpaired) electrons. The second kappa shape index (κ2) is 10.5. The summed E-state index contributed by atoms with van der Waals surface area (Å²) < 4.78 is 17.3. The van der Waals surface area contributed by atoms with Gasteiger partial charge in [-0.3, -0.25) is 4.79 Å². The zero-order valence-electron chi connectivity index (χ0n) is 14.7. The van der Waals surface area contributed by atoms with Gasteiger partial charge in [0.25, 0.3) is 5.91 Å². The quantitative estimate of drug-likeness (QED) is 0.494. The number of amides is 1. The van der Waals surface area contributed by atoms with Gasteiger partial charge in [-0.25, -0.2) is 5.43 Å². The normalized spacial score (nSPS) is 10.6. The maximum Gasteiger partial charge on any atom is 0.277 e. The van der Waals surface area contributed by atoms with Crippen LogP contribution in [-0.2, 0) is 4.79 Å². The molecule has 2 aromatic carbocycles. The molecule has 26 heavy (non-hydrogen) atoms. The van der Waals surface area contributed by atoms with Crippen LogP contribution in [0.15, 0.2) is 52.0 Å². The number of rotatable bonds is 9. The van der Waals surface area contributed by atoms with E-state index in [4.69, 9.17) is 14.2 Å². The standard InChI is InChI=1S/C19H21BrN2O4/c1-3-24-17-11-14(10-16(20)19(17)25-4-2)12-21-22-18(23)13-26-15-8-6-5-7-9-15/h5-12H,3-4,13H2,1-2H3,(H,22,23)/b21-12-. The number of carbonyl (C=O) groups is 1.